The summed E-state index contributed by atoms with van der Waals surface area (Å²) in [7, 11) is -1.29. The zero-order chi connectivity index (χ0) is 20.0. The summed E-state index contributed by atoms with van der Waals surface area (Å²) in [4.78, 5) is 24.8. The lowest BCUT2D eigenvalue weighted by molar-refractivity contribution is -0.146. The third-order valence-corrected chi connectivity index (χ3v) is 5.66. The lowest BCUT2D eigenvalue weighted by Gasteiger charge is -2.32. The molecule has 1 aromatic carbocycles. The molecule has 0 radical (unpaired) electrons. The van der Waals surface area contributed by atoms with E-state index in [4.69, 9.17) is 4.74 Å². The van der Waals surface area contributed by atoms with Crippen LogP contribution in [0.2, 0.25) is 0 Å². The average molecular weight is 385 g/mol. The van der Waals surface area contributed by atoms with Crippen LogP contribution in [-0.2, 0) is 35.0 Å². The molecule has 0 aliphatic carbocycles. The van der Waals surface area contributed by atoms with Crippen molar-refractivity contribution in [3.8, 4) is 0 Å². The molecule has 8 heteroatoms. The molecule has 26 heavy (non-hydrogen) atoms. The number of benzene rings is 1. The maximum Gasteiger partial charge on any atom is 0.269 e. The van der Waals surface area contributed by atoms with Gasteiger partial charge in [-0.25, -0.2) is 0 Å². The smallest absolute Gasteiger partial charge is 0.269 e. The molecular formula is C18H27NO6S. The van der Waals surface area contributed by atoms with E-state index >= 15 is 0 Å². The normalized spacial score (nSPS) is 14.5. The number of ether oxygens (including phenoxy) is 1. The highest BCUT2D eigenvalue weighted by Gasteiger charge is 2.39. The molecular weight excluding hydrogens is 358 g/mol. The van der Waals surface area contributed by atoms with E-state index in [1.165, 1.54) is 14.0 Å². The van der Waals surface area contributed by atoms with Crippen LogP contribution in [0.25, 0.3) is 0 Å². The van der Waals surface area contributed by atoms with Crippen LogP contribution in [-0.4, -0.2) is 51.2 Å². The van der Waals surface area contributed by atoms with Crippen LogP contribution in [0.1, 0.15) is 32.8 Å². The molecule has 0 aliphatic rings. The van der Waals surface area contributed by atoms with Gasteiger partial charge in [-0.3, -0.25) is 13.8 Å². The van der Waals surface area contributed by atoms with Gasteiger partial charge in [0.15, 0.2) is 5.78 Å². The van der Waals surface area contributed by atoms with Crippen LogP contribution >= 0.6 is 0 Å². The largest absolute Gasteiger partial charge is 0.370 e. The summed E-state index contributed by atoms with van der Waals surface area (Å²) in [6, 6.07) is 9.24. The SMILES string of the molecule is COC(CC(=O)NC(C)(C)CS(=O)(=O)OC)(Cc1ccccc1)C(C)=O. The van der Waals surface area contributed by atoms with Crippen LogP contribution < -0.4 is 5.32 Å². The molecule has 7 nitrogen and oxygen atoms in total. The quantitative estimate of drug-likeness (QED) is 0.612. The zero-order valence-electron chi connectivity index (χ0n) is 15.9. The van der Waals surface area contributed by atoms with Crippen molar-refractivity contribution >= 4 is 21.8 Å². The molecule has 0 bridgehead atoms. The van der Waals surface area contributed by atoms with Crippen molar-refractivity contribution in [2.24, 2.45) is 0 Å². The molecule has 0 fully saturated rings. The fraction of sp³-hybridized carbons (Fsp3) is 0.556. The van der Waals surface area contributed by atoms with Gasteiger partial charge in [0, 0.05) is 13.5 Å². The summed E-state index contributed by atoms with van der Waals surface area (Å²) in [6.07, 6.45) is 0.0219. The Morgan fingerprint density at radius 3 is 2.15 bits per heavy atom. The number of ketones is 1. The Balaban J connectivity index is 2.94. The first-order chi connectivity index (χ1) is 12.0. The number of rotatable bonds is 10. The van der Waals surface area contributed by atoms with E-state index in [1.807, 2.05) is 30.3 Å². The van der Waals surface area contributed by atoms with Gasteiger partial charge in [0.2, 0.25) is 5.91 Å². The van der Waals surface area contributed by atoms with Crippen molar-refractivity contribution in [1.29, 1.82) is 0 Å². The Labute approximate surface area is 155 Å². The van der Waals surface area contributed by atoms with Crippen molar-refractivity contribution in [1.82, 2.24) is 5.32 Å². The van der Waals surface area contributed by atoms with Crippen molar-refractivity contribution < 1.29 is 26.9 Å². The van der Waals surface area contributed by atoms with Gasteiger partial charge in [-0.15, -0.1) is 0 Å². The Morgan fingerprint density at radius 2 is 1.69 bits per heavy atom. The molecule has 0 saturated carbocycles. The minimum absolute atomic E-state index is 0.218. The first-order valence-electron chi connectivity index (χ1n) is 8.15. The van der Waals surface area contributed by atoms with Gasteiger partial charge in [0.1, 0.15) is 5.60 Å². The summed E-state index contributed by atoms with van der Waals surface area (Å²) in [6.45, 7) is 4.52. The standard InChI is InChI=1S/C18H27NO6S/c1-14(20)18(24-4,11-15-9-7-6-8-10-15)12-16(21)19-17(2,3)13-26(22,23)25-5/h6-10H,11-13H2,1-5H3,(H,19,21). The Morgan fingerprint density at radius 1 is 1.12 bits per heavy atom. The minimum Gasteiger partial charge on any atom is -0.370 e. The molecule has 146 valence electrons. The van der Waals surface area contributed by atoms with E-state index in [-0.39, 0.29) is 24.4 Å². The van der Waals surface area contributed by atoms with Crippen LogP contribution in [0, 0.1) is 0 Å². The second kappa shape index (κ2) is 8.75. The van der Waals surface area contributed by atoms with Gasteiger partial charge in [-0.2, -0.15) is 8.42 Å². The highest BCUT2D eigenvalue weighted by Crippen LogP contribution is 2.24. The van der Waals surface area contributed by atoms with Crippen molar-refractivity contribution in [2.75, 3.05) is 20.0 Å². The molecule has 0 aliphatic heterocycles. The van der Waals surface area contributed by atoms with Gasteiger partial charge in [0.05, 0.1) is 24.8 Å². The van der Waals surface area contributed by atoms with E-state index in [0.29, 0.717) is 0 Å². The first kappa shape index (κ1) is 22.3. The van der Waals surface area contributed by atoms with E-state index in [0.717, 1.165) is 12.7 Å². The molecule has 1 aromatic rings. The van der Waals surface area contributed by atoms with Gasteiger partial charge in [-0.05, 0) is 26.3 Å². The summed E-state index contributed by atoms with van der Waals surface area (Å²) >= 11 is 0. The third-order valence-electron chi connectivity index (χ3n) is 4.08. The predicted molar refractivity (Wildman–Crippen MR) is 98.2 cm³/mol. The van der Waals surface area contributed by atoms with Crippen LogP contribution in [0.5, 0.6) is 0 Å². The number of carbonyl (C=O) groups excluding carboxylic acids is 2. The molecule has 1 atom stereocenters. The molecule has 1 unspecified atom stereocenters. The maximum atomic E-state index is 12.5. The van der Waals surface area contributed by atoms with Crippen molar-refractivity contribution in [3.05, 3.63) is 35.9 Å². The number of carbonyl (C=O) groups is 2. The number of hydrogen-bond donors (Lipinski definition) is 1. The molecule has 1 amide bonds. The predicted octanol–water partition coefficient (Wildman–Crippen LogP) is 1.46. The summed E-state index contributed by atoms with van der Waals surface area (Å²) in [5.74, 6) is -1.14. The number of nitrogens with one attached hydrogen (secondary N) is 1. The van der Waals surface area contributed by atoms with Crippen molar-refractivity contribution in [2.45, 2.75) is 44.8 Å². The summed E-state index contributed by atoms with van der Waals surface area (Å²) in [5.41, 5.74) is -1.52. The van der Waals surface area contributed by atoms with E-state index in [9.17, 15) is 18.0 Å². The number of hydrogen-bond acceptors (Lipinski definition) is 6. The lowest BCUT2D eigenvalue weighted by Crippen LogP contribution is -2.52. The third kappa shape index (κ3) is 6.51. The molecule has 0 aromatic heterocycles. The lowest BCUT2D eigenvalue weighted by atomic mass is 9.86. The Hall–Kier alpha value is -1.77. The van der Waals surface area contributed by atoms with Crippen LogP contribution in [0.4, 0.5) is 0 Å². The maximum absolute atomic E-state index is 12.5. The minimum atomic E-state index is -3.75. The Kier molecular flexibility index (Phi) is 7.49. The van der Waals surface area contributed by atoms with Gasteiger partial charge in [0.25, 0.3) is 10.1 Å². The highest BCUT2D eigenvalue weighted by atomic mass is 32.2. The zero-order valence-corrected chi connectivity index (χ0v) is 16.7. The molecule has 0 heterocycles. The highest BCUT2D eigenvalue weighted by molar-refractivity contribution is 7.86. The van der Waals surface area contributed by atoms with Crippen LogP contribution in [0.15, 0.2) is 30.3 Å². The first-order valence-corrected chi connectivity index (χ1v) is 9.72. The molecule has 1 rings (SSSR count). The van der Waals surface area contributed by atoms with Gasteiger partial charge < -0.3 is 10.1 Å². The summed E-state index contributed by atoms with van der Waals surface area (Å²) < 4.78 is 33.2. The van der Waals surface area contributed by atoms with Crippen molar-refractivity contribution in [3.63, 3.8) is 0 Å². The Bertz CT molecular complexity index is 729. The number of methoxy groups -OCH3 is 1. The van der Waals surface area contributed by atoms with Gasteiger partial charge in [-0.1, -0.05) is 30.3 Å². The topological polar surface area (TPSA) is 98.8 Å². The molecule has 0 saturated heterocycles. The fourth-order valence-corrected chi connectivity index (χ4v) is 3.82. The fourth-order valence-electron chi connectivity index (χ4n) is 2.74. The van der Waals surface area contributed by atoms with E-state index in [2.05, 4.69) is 9.50 Å². The summed E-state index contributed by atoms with van der Waals surface area (Å²) in [5, 5.41) is 2.65. The van der Waals surface area contributed by atoms with E-state index in [1.54, 1.807) is 13.8 Å². The second-order valence-corrected chi connectivity index (χ2v) is 8.63. The average Bonchev–Trinajstić information content (AvgIpc) is 2.53. The molecule has 0 spiro atoms. The monoisotopic (exact) mass is 385 g/mol. The molecule has 1 N–H and O–H groups in total. The van der Waals surface area contributed by atoms with Gasteiger partial charge >= 0.3 is 0 Å². The number of amides is 1. The number of Topliss-reactive ketones (excluding diaryl/α,β-unsaturated/α-hetero) is 1. The van der Waals surface area contributed by atoms with Crippen LogP contribution in [0.3, 0.4) is 0 Å². The second-order valence-electron chi connectivity index (χ2n) is 6.89. The van der Waals surface area contributed by atoms with E-state index < -0.39 is 27.2 Å².